The highest BCUT2D eigenvalue weighted by atomic mass is 19.4. The van der Waals surface area contributed by atoms with Gasteiger partial charge >= 0.3 is 6.18 Å². The van der Waals surface area contributed by atoms with E-state index >= 15 is 0 Å². The molecule has 8 heteroatoms. The van der Waals surface area contributed by atoms with Gasteiger partial charge in [-0.05, 0) is 36.9 Å². The number of alkyl halides is 3. The molecule has 1 aliphatic heterocycles. The first kappa shape index (κ1) is 18.2. The zero-order chi connectivity index (χ0) is 19.1. The minimum absolute atomic E-state index is 0.196. The number of hydrogen-bond acceptors (Lipinski definition) is 4. The Morgan fingerprint density at radius 1 is 1.31 bits per heavy atom. The predicted molar refractivity (Wildman–Crippen MR) is 88.8 cm³/mol. The Morgan fingerprint density at radius 3 is 2.65 bits per heavy atom. The van der Waals surface area contributed by atoms with E-state index in [9.17, 15) is 22.7 Å². The fourth-order valence-corrected chi connectivity index (χ4v) is 3.21. The van der Waals surface area contributed by atoms with Crippen molar-refractivity contribution in [3.05, 3.63) is 64.7 Å². The summed E-state index contributed by atoms with van der Waals surface area (Å²) in [6.45, 7) is 0.398. The molecule has 0 radical (unpaired) electrons. The zero-order valence-corrected chi connectivity index (χ0v) is 14.1. The van der Waals surface area contributed by atoms with E-state index in [1.807, 2.05) is 6.08 Å². The van der Waals surface area contributed by atoms with Crippen LogP contribution in [-0.2, 0) is 6.18 Å². The molecule has 0 saturated heterocycles. The summed E-state index contributed by atoms with van der Waals surface area (Å²) in [5.41, 5.74) is 0.682. The maximum Gasteiger partial charge on any atom is 0.416 e. The molecule has 1 aromatic carbocycles. The van der Waals surface area contributed by atoms with Crippen molar-refractivity contribution in [2.45, 2.75) is 12.2 Å². The molecule has 4 nitrogen and oxygen atoms in total. The maximum absolute atomic E-state index is 14.7. The topological polar surface area (TPSA) is 48.4 Å². The number of halogens is 4. The van der Waals surface area contributed by atoms with Crippen LogP contribution in [0, 0.1) is 5.82 Å². The number of pyridine rings is 1. The Balaban J connectivity index is 2.20. The standard InChI is InChI=1S/C18H17F4N3O/c1-23-14-4-6-25(2)17(11-3-5-24-9-12(11)14)16-13(19)7-10(8-15(16)26)18(20,21)22/h3-5,7-9,17,23,26H,6H2,1-2H3. The van der Waals surface area contributed by atoms with Crippen LogP contribution in [0.2, 0.25) is 0 Å². The first-order valence-electron chi connectivity index (χ1n) is 7.86. The lowest BCUT2D eigenvalue weighted by molar-refractivity contribution is -0.137. The van der Waals surface area contributed by atoms with Crippen LogP contribution >= 0.6 is 0 Å². The number of hydrogen-bond donors (Lipinski definition) is 2. The first-order chi connectivity index (χ1) is 12.2. The lowest BCUT2D eigenvalue weighted by Gasteiger charge is -2.28. The minimum atomic E-state index is -4.74. The molecule has 2 N–H and O–H groups in total. The Labute approximate surface area is 147 Å². The van der Waals surface area contributed by atoms with Crippen LogP contribution in [0.4, 0.5) is 17.6 Å². The number of phenolic OH excluding ortho intramolecular Hbond substituents is 1. The van der Waals surface area contributed by atoms with Gasteiger partial charge < -0.3 is 10.4 Å². The third-order valence-corrected chi connectivity index (χ3v) is 4.44. The van der Waals surface area contributed by atoms with E-state index in [0.717, 1.165) is 5.70 Å². The van der Waals surface area contributed by atoms with E-state index in [1.165, 1.54) is 6.20 Å². The molecule has 2 heterocycles. The molecule has 0 aliphatic carbocycles. The Kier molecular flexibility index (Phi) is 4.62. The van der Waals surface area contributed by atoms with Gasteiger partial charge in [0.2, 0.25) is 0 Å². The van der Waals surface area contributed by atoms with Crippen LogP contribution in [0.25, 0.3) is 5.70 Å². The van der Waals surface area contributed by atoms with E-state index < -0.39 is 29.3 Å². The second-order valence-electron chi connectivity index (χ2n) is 6.06. The Hall–Kier alpha value is -2.61. The number of nitrogens with one attached hydrogen (secondary N) is 1. The number of aromatic nitrogens is 1. The zero-order valence-electron chi connectivity index (χ0n) is 14.1. The fourth-order valence-electron chi connectivity index (χ4n) is 3.21. The Bertz CT molecular complexity index is 841. The van der Waals surface area contributed by atoms with E-state index in [1.54, 1.807) is 31.3 Å². The molecule has 26 heavy (non-hydrogen) atoms. The molecule has 1 atom stereocenters. The maximum atomic E-state index is 14.7. The third-order valence-electron chi connectivity index (χ3n) is 4.44. The lowest BCUT2D eigenvalue weighted by atomic mass is 9.92. The van der Waals surface area contributed by atoms with Crippen LogP contribution in [-0.4, -0.2) is 35.6 Å². The van der Waals surface area contributed by atoms with Gasteiger partial charge in [0.25, 0.3) is 0 Å². The summed E-state index contributed by atoms with van der Waals surface area (Å²) in [4.78, 5) is 5.82. The number of benzene rings is 1. The second-order valence-corrected chi connectivity index (χ2v) is 6.06. The van der Waals surface area contributed by atoms with Crippen molar-refractivity contribution in [3.63, 3.8) is 0 Å². The summed E-state index contributed by atoms with van der Waals surface area (Å²) in [6.07, 6.45) is 0.259. The normalized spacial score (nSPS) is 18.1. The van der Waals surface area contributed by atoms with E-state index in [2.05, 4.69) is 10.3 Å². The average molecular weight is 367 g/mol. The van der Waals surface area contributed by atoms with Gasteiger partial charge in [0.15, 0.2) is 0 Å². The highest BCUT2D eigenvalue weighted by molar-refractivity contribution is 5.68. The van der Waals surface area contributed by atoms with Gasteiger partial charge in [-0.25, -0.2) is 4.39 Å². The van der Waals surface area contributed by atoms with Crippen LogP contribution in [0.1, 0.15) is 28.3 Å². The first-order valence-corrected chi connectivity index (χ1v) is 7.86. The number of aromatic hydroxyl groups is 1. The SMILES string of the molecule is CNC1=CCN(C)C(c2c(O)cc(C(F)(F)F)cc2F)c2ccncc21. The smallest absolute Gasteiger partial charge is 0.416 e. The van der Waals surface area contributed by atoms with Gasteiger partial charge in [0.05, 0.1) is 17.2 Å². The molecular formula is C18H17F4N3O. The van der Waals surface area contributed by atoms with Crippen molar-refractivity contribution in [2.75, 3.05) is 20.6 Å². The molecule has 0 saturated carbocycles. The number of phenols is 1. The molecule has 3 rings (SSSR count). The summed E-state index contributed by atoms with van der Waals surface area (Å²) >= 11 is 0. The monoisotopic (exact) mass is 367 g/mol. The van der Waals surface area contributed by atoms with Crippen molar-refractivity contribution in [1.82, 2.24) is 15.2 Å². The molecule has 1 aromatic heterocycles. The fraction of sp³-hybridized carbons (Fsp3) is 0.278. The van der Waals surface area contributed by atoms with Crippen molar-refractivity contribution >= 4 is 5.70 Å². The number of likely N-dealkylation sites (N-methyl/N-ethyl adjacent to an activating group) is 1. The average Bonchev–Trinajstić information content (AvgIpc) is 2.71. The summed E-state index contributed by atoms with van der Waals surface area (Å²) in [7, 11) is 3.44. The van der Waals surface area contributed by atoms with Gasteiger partial charge in [-0.2, -0.15) is 13.2 Å². The molecule has 0 fully saturated rings. The van der Waals surface area contributed by atoms with E-state index in [0.29, 0.717) is 29.8 Å². The molecule has 1 unspecified atom stereocenters. The number of rotatable bonds is 2. The van der Waals surface area contributed by atoms with Gasteiger partial charge in [0, 0.05) is 37.2 Å². The van der Waals surface area contributed by atoms with Crippen LogP contribution < -0.4 is 5.32 Å². The van der Waals surface area contributed by atoms with Crippen molar-refractivity contribution in [1.29, 1.82) is 0 Å². The second kappa shape index (κ2) is 6.60. The molecular weight excluding hydrogens is 350 g/mol. The Morgan fingerprint density at radius 2 is 2.04 bits per heavy atom. The molecule has 138 valence electrons. The number of fused-ring (bicyclic) bond motifs is 1. The summed E-state index contributed by atoms with van der Waals surface area (Å²) in [6, 6.07) is 1.88. The third kappa shape index (κ3) is 3.12. The molecule has 0 amide bonds. The molecule has 1 aliphatic rings. The van der Waals surface area contributed by atoms with Gasteiger partial charge in [0.1, 0.15) is 11.6 Å². The van der Waals surface area contributed by atoms with Crippen LogP contribution in [0.5, 0.6) is 5.75 Å². The summed E-state index contributed by atoms with van der Waals surface area (Å²) < 4.78 is 53.3. The van der Waals surface area contributed by atoms with Gasteiger partial charge in [-0.1, -0.05) is 0 Å². The molecule has 0 spiro atoms. The summed E-state index contributed by atoms with van der Waals surface area (Å²) in [5, 5.41) is 13.3. The minimum Gasteiger partial charge on any atom is -0.507 e. The van der Waals surface area contributed by atoms with Crippen LogP contribution in [0.3, 0.4) is 0 Å². The number of nitrogens with zero attached hydrogens (tertiary/aromatic N) is 2. The highest BCUT2D eigenvalue weighted by Gasteiger charge is 2.35. The van der Waals surface area contributed by atoms with Gasteiger partial charge in [-0.3, -0.25) is 9.88 Å². The van der Waals surface area contributed by atoms with Gasteiger partial charge in [-0.15, -0.1) is 0 Å². The van der Waals surface area contributed by atoms with Crippen LogP contribution in [0.15, 0.2) is 36.7 Å². The highest BCUT2D eigenvalue weighted by Crippen LogP contribution is 2.42. The van der Waals surface area contributed by atoms with Crippen molar-refractivity contribution in [3.8, 4) is 5.75 Å². The van der Waals surface area contributed by atoms with E-state index in [4.69, 9.17) is 0 Å². The van der Waals surface area contributed by atoms with Crippen molar-refractivity contribution < 1.29 is 22.7 Å². The van der Waals surface area contributed by atoms with E-state index in [-0.39, 0.29) is 5.56 Å². The molecule has 2 aromatic rings. The molecule has 0 bridgehead atoms. The summed E-state index contributed by atoms with van der Waals surface area (Å²) in [5.74, 6) is -1.84. The quantitative estimate of drug-likeness (QED) is 0.798. The largest absolute Gasteiger partial charge is 0.507 e. The van der Waals surface area contributed by atoms with Crippen molar-refractivity contribution in [2.24, 2.45) is 0 Å². The predicted octanol–water partition coefficient (Wildman–Crippen LogP) is 3.54. The lowest BCUT2D eigenvalue weighted by Crippen LogP contribution is -2.26.